The molecule has 0 heterocycles. The Morgan fingerprint density at radius 3 is 2.10 bits per heavy atom. The maximum absolute atomic E-state index is 12.4. The van der Waals surface area contributed by atoms with Crippen LogP contribution in [-0.4, -0.2) is 66.7 Å². The molecule has 0 aliphatic heterocycles. The number of carbonyl (C=O) groups excluding carboxylic acids is 3. The van der Waals surface area contributed by atoms with Gasteiger partial charge < -0.3 is 30.0 Å². The lowest BCUT2D eigenvalue weighted by molar-refractivity contribution is -0.154. The third-order valence-electron chi connectivity index (χ3n) is 3.58. The van der Waals surface area contributed by atoms with Crippen LogP contribution in [0.3, 0.4) is 0 Å². The molecule has 0 aromatic heterocycles. The quantitative estimate of drug-likeness (QED) is 0.301. The summed E-state index contributed by atoms with van der Waals surface area (Å²) in [6, 6.07) is -0.751. The van der Waals surface area contributed by atoms with Crippen molar-refractivity contribution in [3.8, 4) is 0 Å². The minimum Gasteiger partial charge on any atom is -0.460 e. The number of ether oxygens (including phenoxy) is 3. The Morgan fingerprint density at radius 2 is 1.53 bits per heavy atom. The summed E-state index contributed by atoms with van der Waals surface area (Å²) in [5, 5.41) is 14.0. The highest BCUT2D eigenvalue weighted by Gasteiger charge is 2.24. The van der Waals surface area contributed by atoms with Crippen LogP contribution in [0, 0.1) is 0 Å². The lowest BCUT2D eigenvalue weighted by Crippen LogP contribution is -2.48. The van der Waals surface area contributed by atoms with E-state index in [4.69, 9.17) is 19.3 Å². The molecule has 9 nitrogen and oxygen atoms in total. The first-order valence-electron chi connectivity index (χ1n) is 10.5. The molecule has 0 aliphatic carbocycles. The molecule has 30 heavy (non-hydrogen) atoms. The van der Waals surface area contributed by atoms with Crippen molar-refractivity contribution in [3.05, 3.63) is 0 Å². The molecule has 0 bridgehead atoms. The lowest BCUT2D eigenvalue weighted by Gasteiger charge is -2.23. The Balaban J connectivity index is 4.48. The molecule has 0 spiro atoms. The van der Waals surface area contributed by atoms with E-state index in [1.165, 1.54) is 0 Å². The summed E-state index contributed by atoms with van der Waals surface area (Å²) in [7, 11) is 0. The number of hydrogen-bond donors (Lipinski definition) is 3. The van der Waals surface area contributed by atoms with Crippen LogP contribution >= 0.6 is 0 Å². The van der Waals surface area contributed by atoms with Gasteiger partial charge in [-0.3, -0.25) is 9.59 Å². The number of unbranched alkanes of at least 4 members (excludes halogenated alkanes) is 2. The maximum atomic E-state index is 12.4. The highest BCUT2D eigenvalue weighted by Crippen LogP contribution is 2.12. The number of nitrogens with one attached hydrogen (secondary N) is 2. The Morgan fingerprint density at radius 1 is 0.900 bits per heavy atom. The zero-order valence-corrected chi connectivity index (χ0v) is 19.3. The standard InChI is InChI=1S/C21H40N2O7/c1-20(2,3)29-17(25)11-9-7-8-10-16(23-19(27)30-21(4,5)6)18(26)22-12-14-28-15-13-24/h16,24H,7-15H2,1-6H3,(H,22,26)(H,23,27). The van der Waals surface area contributed by atoms with Crippen LogP contribution in [0.5, 0.6) is 0 Å². The largest absolute Gasteiger partial charge is 0.460 e. The van der Waals surface area contributed by atoms with Crippen molar-refractivity contribution in [1.29, 1.82) is 0 Å². The summed E-state index contributed by atoms with van der Waals surface area (Å²) in [6.07, 6.45) is 2.08. The number of esters is 1. The van der Waals surface area contributed by atoms with Crippen LogP contribution in [0.2, 0.25) is 0 Å². The molecule has 0 saturated carbocycles. The van der Waals surface area contributed by atoms with E-state index in [9.17, 15) is 14.4 Å². The molecule has 0 aliphatic rings. The number of aliphatic hydroxyl groups excluding tert-OH is 1. The molecule has 176 valence electrons. The molecule has 2 amide bonds. The minimum absolute atomic E-state index is 0.0833. The molecule has 1 atom stereocenters. The molecular weight excluding hydrogens is 392 g/mol. The van der Waals surface area contributed by atoms with Gasteiger partial charge in [-0.15, -0.1) is 0 Å². The Kier molecular flexibility index (Phi) is 13.3. The molecule has 0 aromatic rings. The number of carbonyl (C=O) groups is 3. The number of aliphatic hydroxyl groups is 1. The molecule has 0 rings (SSSR count). The summed E-state index contributed by atoms with van der Waals surface area (Å²) in [6.45, 7) is 11.4. The molecule has 0 saturated heterocycles. The van der Waals surface area contributed by atoms with Crippen LogP contribution < -0.4 is 10.6 Å². The molecule has 3 N–H and O–H groups in total. The fourth-order valence-corrected chi connectivity index (χ4v) is 2.44. The summed E-state index contributed by atoms with van der Waals surface area (Å²) >= 11 is 0. The minimum atomic E-state index is -0.751. The highest BCUT2D eigenvalue weighted by molar-refractivity contribution is 5.85. The van der Waals surface area contributed by atoms with Crippen molar-refractivity contribution in [3.63, 3.8) is 0 Å². The Bertz CT molecular complexity index is 524. The van der Waals surface area contributed by atoms with Crippen molar-refractivity contribution in [2.24, 2.45) is 0 Å². The van der Waals surface area contributed by atoms with Crippen molar-refractivity contribution >= 4 is 18.0 Å². The fourth-order valence-electron chi connectivity index (χ4n) is 2.44. The van der Waals surface area contributed by atoms with E-state index in [1.54, 1.807) is 20.8 Å². The second-order valence-electron chi connectivity index (χ2n) is 9.01. The third kappa shape index (κ3) is 17.0. The zero-order chi connectivity index (χ0) is 23.2. The van der Waals surface area contributed by atoms with Gasteiger partial charge in [-0.1, -0.05) is 12.8 Å². The SMILES string of the molecule is CC(C)(C)OC(=O)CCCCCC(NC(=O)OC(C)(C)C)C(=O)NCCOCCO. The van der Waals surface area contributed by atoms with Crippen LogP contribution in [0.25, 0.3) is 0 Å². The maximum Gasteiger partial charge on any atom is 0.408 e. The van der Waals surface area contributed by atoms with Crippen molar-refractivity contribution in [2.45, 2.75) is 90.9 Å². The van der Waals surface area contributed by atoms with Crippen LogP contribution in [0.1, 0.15) is 73.6 Å². The molecule has 9 heteroatoms. The highest BCUT2D eigenvalue weighted by atomic mass is 16.6. The van der Waals surface area contributed by atoms with Gasteiger partial charge >= 0.3 is 12.1 Å². The van der Waals surface area contributed by atoms with Gasteiger partial charge in [0, 0.05) is 13.0 Å². The van der Waals surface area contributed by atoms with Gasteiger partial charge in [0.05, 0.1) is 19.8 Å². The van der Waals surface area contributed by atoms with Crippen molar-refractivity contribution < 1.29 is 33.7 Å². The van der Waals surface area contributed by atoms with E-state index in [2.05, 4.69) is 10.6 Å². The first-order chi connectivity index (χ1) is 13.8. The van der Waals surface area contributed by atoms with Crippen molar-refractivity contribution in [1.82, 2.24) is 10.6 Å². The van der Waals surface area contributed by atoms with Crippen LogP contribution in [0.15, 0.2) is 0 Å². The normalized spacial score (nSPS) is 12.8. The molecule has 0 radical (unpaired) electrons. The smallest absolute Gasteiger partial charge is 0.408 e. The first-order valence-corrected chi connectivity index (χ1v) is 10.5. The van der Waals surface area contributed by atoms with E-state index in [0.717, 1.165) is 6.42 Å². The molecular formula is C21H40N2O7. The zero-order valence-electron chi connectivity index (χ0n) is 19.3. The van der Waals surface area contributed by atoms with Crippen LogP contribution in [0.4, 0.5) is 4.79 Å². The second kappa shape index (κ2) is 14.2. The lowest BCUT2D eigenvalue weighted by atomic mass is 10.1. The summed E-state index contributed by atoms with van der Waals surface area (Å²) in [5.74, 6) is -0.577. The van der Waals surface area contributed by atoms with E-state index in [1.807, 2.05) is 20.8 Å². The topological polar surface area (TPSA) is 123 Å². The van der Waals surface area contributed by atoms with Gasteiger partial charge in [0.1, 0.15) is 17.2 Å². The fraction of sp³-hybridized carbons (Fsp3) is 0.857. The number of amides is 2. The Labute approximate surface area is 180 Å². The van der Waals surface area contributed by atoms with Crippen LogP contribution in [-0.2, 0) is 23.8 Å². The monoisotopic (exact) mass is 432 g/mol. The summed E-state index contributed by atoms with van der Waals surface area (Å²) < 4.78 is 15.6. The van der Waals surface area contributed by atoms with Gasteiger partial charge in [-0.25, -0.2) is 4.79 Å². The van der Waals surface area contributed by atoms with Gasteiger partial charge in [0.15, 0.2) is 0 Å². The van der Waals surface area contributed by atoms with Gasteiger partial charge in [-0.2, -0.15) is 0 Å². The Hall–Kier alpha value is -1.87. The predicted molar refractivity (Wildman–Crippen MR) is 113 cm³/mol. The van der Waals surface area contributed by atoms with E-state index < -0.39 is 23.3 Å². The molecule has 0 fully saturated rings. The summed E-state index contributed by atoms with van der Waals surface area (Å²) in [4.78, 5) is 36.3. The van der Waals surface area contributed by atoms with Crippen molar-refractivity contribution in [2.75, 3.05) is 26.4 Å². The third-order valence-corrected chi connectivity index (χ3v) is 3.58. The van der Waals surface area contributed by atoms with E-state index >= 15 is 0 Å². The molecule has 1 unspecified atom stereocenters. The van der Waals surface area contributed by atoms with Gasteiger partial charge in [0.25, 0.3) is 0 Å². The average molecular weight is 433 g/mol. The van der Waals surface area contributed by atoms with Gasteiger partial charge in [-0.05, 0) is 54.4 Å². The molecule has 0 aromatic carbocycles. The number of alkyl carbamates (subject to hydrolysis) is 1. The van der Waals surface area contributed by atoms with E-state index in [0.29, 0.717) is 25.7 Å². The average Bonchev–Trinajstić information content (AvgIpc) is 2.56. The predicted octanol–water partition coefficient (Wildman–Crippen LogP) is 2.30. The number of hydrogen-bond acceptors (Lipinski definition) is 7. The number of rotatable bonds is 13. The second-order valence-corrected chi connectivity index (χ2v) is 9.01. The first kappa shape index (κ1) is 28.1. The summed E-state index contributed by atoms with van der Waals surface area (Å²) in [5.41, 5.74) is -1.17. The van der Waals surface area contributed by atoms with E-state index in [-0.39, 0.29) is 38.2 Å². The van der Waals surface area contributed by atoms with Gasteiger partial charge in [0.2, 0.25) is 5.91 Å².